The minimum atomic E-state index is 0.146. The van der Waals surface area contributed by atoms with Gasteiger partial charge < -0.3 is 9.64 Å². The summed E-state index contributed by atoms with van der Waals surface area (Å²) in [6.45, 7) is 19.6. The monoisotopic (exact) mass is 555 g/mol. The molecule has 1 aliphatic heterocycles. The summed E-state index contributed by atoms with van der Waals surface area (Å²) in [4.78, 5) is 15.6. The van der Waals surface area contributed by atoms with Gasteiger partial charge >= 0.3 is 6.03 Å². The molecule has 5 heteroatoms. The molecule has 0 spiro atoms. The number of hydrogen-bond acceptors (Lipinski definition) is 3. The summed E-state index contributed by atoms with van der Waals surface area (Å²) in [6.07, 6.45) is 17.3. The number of hydrogen-bond donors (Lipinski definition) is 1. The van der Waals surface area contributed by atoms with E-state index < -0.39 is 0 Å². The summed E-state index contributed by atoms with van der Waals surface area (Å²) >= 11 is 0. The van der Waals surface area contributed by atoms with Crippen molar-refractivity contribution in [1.82, 2.24) is 15.3 Å². The number of nitrogens with zero attached hydrogens (tertiary/aromatic N) is 2. The van der Waals surface area contributed by atoms with E-state index in [1.165, 1.54) is 57.8 Å². The third kappa shape index (κ3) is 5.77. The normalized spacial score (nSPS) is 38.5. The van der Waals surface area contributed by atoms with Crippen LogP contribution in [0.5, 0.6) is 0 Å². The molecular formula is C35H61N3O2. The van der Waals surface area contributed by atoms with Gasteiger partial charge in [0.15, 0.2) is 0 Å². The Kier molecular flexibility index (Phi) is 9.32. The first kappa shape index (κ1) is 30.4. The fourth-order valence-electron chi connectivity index (χ4n) is 10.4. The largest absolute Gasteiger partial charge is 0.378 e. The van der Waals surface area contributed by atoms with Gasteiger partial charge in [-0.15, -0.1) is 0 Å². The maximum absolute atomic E-state index is 13.7. The molecule has 4 aliphatic carbocycles. The summed E-state index contributed by atoms with van der Waals surface area (Å²) in [5.41, 5.74) is 6.07. The molecule has 1 saturated heterocycles. The van der Waals surface area contributed by atoms with Crippen LogP contribution in [0.4, 0.5) is 4.79 Å². The highest BCUT2D eigenvalue weighted by Gasteiger charge is 2.59. The van der Waals surface area contributed by atoms with Crippen LogP contribution in [0.15, 0.2) is 11.6 Å². The Balaban J connectivity index is 1.29. The van der Waals surface area contributed by atoms with Gasteiger partial charge in [0.2, 0.25) is 0 Å². The lowest BCUT2D eigenvalue weighted by Gasteiger charge is -2.59. The number of allylic oxidation sites excluding steroid dienone is 1. The molecule has 5 aliphatic rings. The first-order chi connectivity index (χ1) is 19.0. The fourth-order valence-corrected chi connectivity index (χ4v) is 10.4. The lowest BCUT2D eigenvalue weighted by atomic mass is 9.47. The molecule has 0 radical (unpaired) electrons. The van der Waals surface area contributed by atoms with Crippen LogP contribution in [0.3, 0.4) is 0 Å². The standard InChI is InChI=1S/C35H61N3O2/c1-24(2)9-8-10-26(5)30-13-14-31-29-12-11-27-23-28(15-17-34(27,6)32(29)16-18-35(30,31)7)38(36-25(3)4)33(39)37-19-21-40-22-20-37/h11,24-26,28-32,36H,8-10,12-23H2,1-7H3/t26-,28+,29?,30-,31?,32?,34+,35-/m1/s1. The number of ether oxygens (including phenoxy) is 1. The van der Waals surface area contributed by atoms with E-state index in [1.807, 2.05) is 9.91 Å². The molecule has 8 atom stereocenters. The molecule has 5 rings (SSSR count). The van der Waals surface area contributed by atoms with Gasteiger partial charge in [-0.3, -0.25) is 5.01 Å². The molecule has 2 amide bonds. The summed E-state index contributed by atoms with van der Waals surface area (Å²) in [5.74, 6) is 5.20. The summed E-state index contributed by atoms with van der Waals surface area (Å²) in [6, 6.07) is 0.625. The van der Waals surface area contributed by atoms with Crippen molar-refractivity contribution in [2.24, 2.45) is 46.3 Å². The van der Waals surface area contributed by atoms with Gasteiger partial charge in [0, 0.05) is 19.1 Å². The van der Waals surface area contributed by atoms with Gasteiger partial charge in [-0.25, -0.2) is 10.2 Å². The maximum Gasteiger partial charge on any atom is 0.334 e. The maximum atomic E-state index is 13.7. The highest BCUT2D eigenvalue weighted by molar-refractivity contribution is 5.74. The molecule has 3 saturated carbocycles. The number of fused-ring (bicyclic) bond motifs is 5. The SMILES string of the molecule is CC(C)CCC[C@@H](C)[C@H]1CCC2C3CC=C4C[C@@H](N(NC(C)C)C(=O)N5CCOCC5)CC[C@]4(C)C3CC[C@@]21C. The Labute approximate surface area is 246 Å². The van der Waals surface area contributed by atoms with Crippen molar-refractivity contribution in [3.63, 3.8) is 0 Å². The van der Waals surface area contributed by atoms with Crippen molar-refractivity contribution in [1.29, 1.82) is 0 Å². The van der Waals surface area contributed by atoms with E-state index in [9.17, 15) is 4.79 Å². The van der Waals surface area contributed by atoms with Crippen molar-refractivity contribution in [2.45, 2.75) is 131 Å². The van der Waals surface area contributed by atoms with Gasteiger partial charge in [-0.2, -0.15) is 0 Å². The Hall–Kier alpha value is -1.07. The zero-order valence-corrected chi connectivity index (χ0v) is 27.0. The van der Waals surface area contributed by atoms with Gasteiger partial charge in [-0.05, 0) is 112 Å². The van der Waals surface area contributed by atoms with Crippen LogP contribution in [0.2, 0.25) is 0 Å². The Bertz CT molecular complexity index is 910. The number of hydrazine groups is 1. The van der Waals surface area contributed by atoms with E-state index in [1.54, 1.807) is 5.57 Å². The summed E-state index contributed by atoms with van der Waals surface area (Å²) in [5, 5.41) is 2.02. The minimum Gasteiger partial charge on any atom is -0.378 e. The van der Waals surface area contributed by atoms with Gasteiger partial charge in [-0.1, -0.05) is 65.5 Å². The molecule has 0 aromatic carbocycles. The molecule has 0 aromatic heterocycles. The fraction of sp³-hybridized carbons (Fsp3) is 0.914. The second-order valence-electron chi connectivity index (χ2n) is 15.7. The third-order valence-corrected chi connectivity index (χ3v) is 12.5. The minimum absolute atomic E-state index is 0.146. The lowest BCUT2D eigenvalue weighted by molar-refractivity contribution is -0.0559. The highest BCUT2D eigenvalue weighted by atomic mass is 16.5. The van der Waals surface area contributed by atoms with E-state index in [0.717, 1.165) is 48.3 Å². The molecule has 228 valence electrons. The second kappa shape index (κ2) is 12.3. The van der Waals surface area contributed by atoms with Crippen LogP contribution in [0, 0.1) is 46.3 Å². The van der Waals surface area contributed by atoms with Crippen molar-refractivity contribution >= 4 is 6.03 Å². The van der Waals surface area contributed by atoms with Crippen molar-refractivity contribution < 1.29 is 9.53 Å². The molecule has 0 bridgehead atoms. The van der Waals surface area contributed by atoms with E-state index in [-0.39, 0.29) is 18.1 Å². The average Bonchev–Trinajstić information content (AvgIpc) is 3.28. The molecule has 0 aromatic rings. The molecule has 1 N–H and O–H groups in total. The van der Waals surface area contributed by atoms with E-state index >= 15 is 0 Å². The smallest absolute Gasteiger partial charge is 0.334 e. The molecule has 4 fully saturated rings. The van der Waals surface area contributed by atoms with Gasteiger partial charge in [0.05, 0.1) is 19.3 Å². The van der Waals surface area contributed by atoms with Crippen LogP contribution < -0.4 is 5.43 Å². The van der Waals surface area contributed by atoms with Crippen LogP contribution in [-0.4, -0.2) is 54.3 Å². The third-order valence-electron chi connectivity index (χ3n) is 12.5. The molecule has 3 unspecified atom stereocenters. The quantitative estimate of drug-likeness (QED) is 0.243. The zero-order chi connectivity index (χ0) is 28.7. The van der Waals surface area contributed by atoms with Crippen molar-refractivity contribution in [2.75, 3.05) is 26.3 Å². The van der Waals surface area contributed by atoms with Crippen molar-refractivity contribution in [3.05, 3.63) is 11.6 Å². The number of rotatable bonds is 8. The molecular weight excluding hydrogens is 494 g/mol. The zero-order valence-electron chi connectivity index (χ0n) is 27.0. The van der Waals surface area contributed by atoms with Gasteiger partial charge in [0.25, 0.3) is 0 Å². The Morgan fingerprint density at radius 2 is 1.77 bits per heavy atom. The van der Waals surface area contributed by atoms with E-state index in [0.29, 0.717) is 37.1 Å². The van der Waals surface area contributed by atoms with Crippen molar-refractivity contribution in [3.8, 4) is 0 Å². The number of amides is 2. The Morgan fingerprint density at radius 3 is 2.48 bits per heavy atom. The summed E-state index contributed by atoms with van der Waals surface area (Å²) in [7, 11) is 0. The van der Waals surface area contributed by atoms with Crippen LogP contribution in [0.1, 0.15) is 119 Å². The van der Waals surface area contributed by atoms with Crippen LogP contribution >= 0.6 is 0 Å². The first-order valence-corrected chi connectivity index (χ1v) is 17.2. The second-order valence-corrected chi connectivity index (χ2v) is 15.7. The van der Waals surface area contributed by atoms with Crippen LogP contribution in [0.25, 0.3) is 0 Å². The average molecular weight is 556 g/mol. The topological polar surface area (TPSA) is 44.8 Å². The molecule has 1 heterocycles. The number of carbonyl (C=O) groups excluding carboxylic acids is 1. The predicted octanol–water partition coefficient (Wildman–Crippen LogP) is 8.06. The number of nitrogens with one attached hydrogen (secondary N) is 1. The molecule has 40 heavy (non-hydrogen) atoms. The highest BCUT2D eigenvalue weighted by Crippen LogP contribution is 2.67. The number of carbonyl (C=O) groups is 1. The van der Waals surface area contributed by atoms with E-state index in [2.05, 4.69) is 60.0 Å². The number of urea groups is 1. The molecule has 5 nitrogen and oxygen atoms in total. The van der Waals surface area contributed by atoms with E-state index in [4.69, 9.17) is 4.74 Å². The van der Waals surface area contributed by atoms with Gasteiger partial charge in [0.1, 0.15) is 0 Å². The first-order valence-electron chi connectivity index (χ1n) is 17.2. The van der Waals surface area contributed by atoms with Crippen LogP contribution in [-0.2, 0) is 4.74 Å². The lowest BCUT2D eigenvalue weighted by Crippen LogP contribution is -2.60. The predicted molar refractivity (Wildman–Crippen MR) is 165 cm³/mol. The number of morpholine rings is 1. The summed E-state index contributed by atoms with van der Waals surface area (Å²) < 4.78 is 5.53. The Morgan fingerprint density at radius 1 is 1.02 bits per heavy atom.